The highest BCUT2D eigenvalue weighted by atomic mass is 32.2. The average Bonchev–Trinajstić information content (AvgIpc) is 3.22. The van der Waals surface area contributed by atoms with Crippen LogP contribution in [-0.4, -0.2) is 25.0 Å². The van der Waals surface area contributed by atoms with Gasteiger partial charge in [0.05, 0.1) is 5.69 Å². The molecule has 4 aromatic rings. The number of amides is 1. The van der Waals surface area contributed by atoms with E-state index in [-0.39, 0.29) is 5.91 Å². The van der Waals surface area contributed by atoms with Crippen molar-refractivity contribution in [2.75, 3.05) is 19.0 Å². The molecule has 0 saturated heterocycles. The van der Waals surface area contributed by atoms with E-state index in [0.717, 1.165) is 34.0 Å². The molecule has 0 bridgehead atoms. The van der Waals surface area contributed by atoms with Gasteiger partial charge in [0.25, 0.3) is 5.91 Å². The maximum atomic E-state index is 12.6. The predicted octanol–water partition coefficient (Wildman–Crippen LogP) is 5.94. The summed E-state index contributed by atoms with van der Waals surface area (Å²) < 4.78 is 5.89. The topological polar surface area (TPSA) is 58.4 Å². The maximum Gasteiger partial charge on any atom is 0.251 e. The van der Waals surface area contributed by atoms with E-state index in [1.165, 1.54) is 4.90 Å². The molecule has 1 heterocycles. The van der Waals surface area contributed by atoms with Gasteiger partial charge in [-0.05, 0) is 61.0 Å². The summed E-state index contributed by atoms with van der Waals surface area (Å²) in [7, 11) is 4.01. The molecule has 1 amide bonds. The van der Waals surface area contributed by atoms with Gasteiger partial charge < -0.3 is 14.6 Å². The number of anilines is 1. The van der Waals surface area contributed by atoms with Crippen LogP contribution in [-0.2, 0) is 12.3 Å². The summed E-state index contributed by atoms with van der Waals surface area (Å²) in [5.41, 5.74) is 4.57. The van der Waals surface area contributed by atoms with E-state index in [1.54, 1.807) is 23.9 Å². The van der Waals surface area contributed by atoms with Crippen LogP contribution in [0.1, 0.15) is 27.4 Å². The number of carbonyl (C=O) groups is 1. The minimum absolute atomic E-state index is 0.109. The molecule has 5 nitrogen and oxygen atoms in total. The van der Waals surface area contributed by atoms with Crippen LogP contribution in [0.5, 0.6) is 0 Å². The van der Waals surface area contributed by atoms with Gasteiger partial charge in [0.2, 0.25) is 5.89 Å². The third-order valence-electron chi connectivity index (χ3n) is 5.31. The van der Waals surface area contributed by atoms with Gasteiger partial charge in [-0.25, -0.2) is 4.98 Å². The highest BCUT2D eigenvalue weighted by Gasteiger charge is 2.13. The summed E-state index contributed by atoms with van der Waals surface area (Å²) in [4.78, 5) is 20.5. The number of carbonyl (C=O) groups excluding carboxylic acids is 1. The number of nitrogens with zero attached hydrogens (tertiary/aromatic N) is 2. The molecule has 0 radical (unpaired) electrons. The zero-order valence-electron chi connectivity index (χ0n) is 19.0. The monoisotopic (exact) mass is 457 g/mol. The fourth-order valence-corrected chi connectivity index (χ4v) is 4.24. The number of benzene rings is 3. The summed E-state index contributed by atoms with van der Waals surface area (Å²) in [6.45, 7) is 2.42. The van der Waals surface area contributed by atoms with E-state index in [1.807, 2.05) is 80.5 Å². The Kier molecular flexibility index (Phi) is 7.15. The molecule has 0 saturated carbocycles. The van der Waals surface area contributed by atoms with Crippen molar-refractivity contribution in [1.82, 2.24) is 10.3 Å². The third kappa shape index (κ3) is 5.84. The lowest BCUT2D eigenvalue weighted by atomic mass is 10.1. The minimum atomic E-state index is -0.109. The number of aromatic nitrogens is 1. The lowest BCUT2D eigenvalue weighted by Crippen LogP contribution is -2.22. The SMILES string of the molecule is Cc1oc(-c2ccc(C(=O)NCc3ccc(N(C)C)cc3)cc2)nc1CSc1ccccc1. The normalized spacial score (nSPS) is 10.8. The zero-order chi connectivity index (χ0) is 23.2. The Labute approximate surface area is 198 Å². The van der Waals surface area contributed by atoms with Crippen molar-refractivity contribution >= 4 is 23.4 Å². The molecule has 1 aromatic heterocycles. The fourth-order valence-electron chi connectivity index (χ4n) is 3.31. The lowest BCUT2D eigenvalue weighted by Gasteiger charge is -2.13. The highest BCUT2D eigenvalue weighted by Crippen LogP contribution is 2.27. The molecule has 0 aliphatic carbocycles. The summed E-state index contributed by atoms with van der Waals surface area (Å²) in [6.07, 6.45) is 0. The Bertz CT molecular complexity index is 1200. The van der Waals surface area contributed by atoms with Crippen LogP contribution >= 0.6 is 11.8 Å². The number of aryl methyl sites for hydroxylation is 1. The third-order valence-corrected chi connectivity index (χ3v) is 6.33. The first-order valence-corrected chi connectivity index (χ1v) is 11.8. The molecule has 1 N–H and O–H groups in total. The van der Waals surface area contributed by atoms with Crippen LogP contribution in [0.3, 0.4) is 0 Å². The van der Waals surface area contributed by atoms with Gasteiger partial charge >= 0.3 is 0 Å². The van der Waals surface area contributed by atoms with Gasteiger partial charge in [0, 0.05) is 48.1 Å². The van der Waals surface area contributed by atoms with E-state index in [9.17, 15) is 4.79 Å². The molecule has 0 fully saturated rings. The first-order valence-electron chi connectivity index (χ1n) is 10.8. The van der Waals surface area contributed by atoms with Crippen LogP contribution < -0.4 is 10.2 Å². The second-order valence-corrected chi connectivity index (χ2v) is 8.99. The molecule has 3 aromatic carbocycles. The van der Waals surface area contributed by atoms with Gasteiger partial charge in [-0.3, -0.25) is 4.79 Å². The molecule has 0 unspecified atom stereocenters. The van der Waals surface area contributed by atoms with Crippen molar-refractivity contribution in [3.63, 3.8) is 0 Å². The summed E-state index contributed by atoms with van der Waals surface area (Å²) >= 11 is 1.73. The Morgan fingerprint density at radius 2 is 1.67 bits per heavy atom. The highest BCUT2D eigenvalue weighted by molar-refractivity contribution is 7.98. The Balaban J connectivity index is 1.36. The lowest BCUT2D eigenvalue weighted by molar-refractivity contribution is 0.0951. The average molecular weight is 458 g/mol. The van der Waals surface area contributed by atoms with E-state index >= 15 is 0 Å². The second kappa shape index (κ2) is 10.4. The molecule has 4 rings (SSSR count). The van der Waals surface area contributed by atoms with Crippen molar-refractivity contribution in [2.45, 2.75) is 24.1 Å². The van der Waals surface area contributed by atoms with Crippen molar-refractivity contribution in [2.24, 2.45) is 0 Å². The van der Waals surface area contributed by atoms with Crippen LogP contribution in [0.2, 0.25) is 0 Å². The molecule has 0 aliphatic heterocycles. The van der Waals surface area contributed by atoms with E-state index < -0.39 is 0 Å². The van der Waals surface area contributed by atoms with E-state index in [2.05, 4.69) is 22.4 Å². The number of nitrogens with one attached hydrogen (secondary N) is 1. The molecule has 0 atom stereocenters. The number of hydrogen-bond acceptors (Lipinski definition) is 5. The summed E-state index contributed by atoms with van der Waals surface area (Å²) in [5.74, 6) is 2.02. The quantitative estimate of drug-likeness (QED) is 0.332. The second-order valence-electron chi connectivity index (χ2n) is 7.94. The van der Waals surface area contributed by atoms with Gasteiger partial charge in [-0.2, -0.15) is 0 Å². The van der Waals surface area contributed by atoms with Crippen molar-refractivity contribution in [1.29, 1.82) is 0 Å². The molecule has 0 aliphatic rings. The van der Waals surface area contributed by atoms with Crippen LogP contribution in [0.15, 0.2) is 88.2 Å². The van der Waals surface area contributed by atoms with Gasteiger partial charge in [-0.15, -0.1) is 11.8 Å². The Hall–Kier alpha value is -3.51. The molecule has 0 spiro atoms. The summed E-state index contributed by atoms with van der Waals surface area (Å²) in [5, 5.41) is 2.97. The molecular formula is C27H27N3O2S. The standard InChI is InChI=1S/C27H27N3O2S/c1-19-25(18-33-24-7-5-4-6-8-24)29-27(32-19)22-13-11-21(12-14-22)26(31)28-17-20-9-15-23(16-10-20)30(2)3/h4-16H,17-18H2,1-3H3,(H,28,31). The van der Waals surface area contributed by atoms with Crippen LogP contribution in [0.4, 0.5) is 5.69 Å². The Morgan fingerprint density at radius 3 is 2.33 bits per heavy atom. The maximum absolute atomic E-state index is 12.6. The fraction of sp³-hybridized carbons (Fsp3) is 0.185. The van der Waals surface area contributed by atoms with Crippen molar-refractivity contribution in [3.05, 3.63) is 101 Å². The number of rotatable bonds is 8. The van der Waals surface area contributed by atoms with E-state index in [0.29, 0.717) is 18.0 Å². The number of hydrogen-bond donors (Lipinski definition) is 1. The van der Waals surface area contributed by atoms with Gasteiger partial charge in [-0.1, -0.05) is 30.3 Å². The van der Waals surface area contributed by atoms with Gasteiger partial charge in [0.1, 0.15) is 5.76 Å². The molecule has 168 valence electrons. The van der Waals surface area contributed by atoms with Crippen LogP contribution in [0, 0.1) is 6.92 Å². The predicted molar refractivity (Wildman–Crippen MR) is 135 cm³/mol. The van der Waals surface area contributed by atoms with Crippen LogP contribution in [0.25, 0.3) is 11.5 Å². The first-order chi connectivity index (χ1) is 16.0. The van der Waals surface area contributed by atoms with Gasteiger partial charge in [0.15, 0.2) is 0 Å². The first kappa shape index (κ1) is 22.7. The minimum Gasteiger partial charge on any atom is -0.441 e. The number of thioether (sulfide) groups is 1. The molecular weight excluding hydrogens is 430 g/mol. The van der Waals surface area contributed by atoms with Crippen molar-refractivity contribution in [3.8, 4) is 11.5 Å². The smallest absolute Gasteiger partial charge is 0.251 e. The Morgan fingerprint density at radius 1 is 0.970 bits per heavy atom. The molecule has 33 heavy (non-hydrogen) atoms. The molecule has 6 heteroatoms. The number of oxazole rings is 1. The summed E-state index contributed by atoms with van der Waals surface area (Å²) in [6, 6.07) is 25.7. The van der Waals surface area contributed by atoms with Crippen molar-refractivity contribution < 1.29 is 9.21 Å². The largest absolute Gasteiger partial charge is 0.441 e. The zero-order valence-corrected chi connectivity index (χ0v) is 19.9. The van der Waals surface area contributed by atoms with E-state index in [4.69, 9.17) is 4.42 Å².